The summed E-state index contributed by atoms with van der Waals surface area (Å²) >= 11 is 1.66. The summed E-state index contributed by atoms with van der Waals surface area (Å²) in [5.41, 5.74) is 0.643. The molecule has 11 heteroatoms. The van der Waals surface area contributed by atoms with E-state index in [1.165, 1.54) is 6.07 Å². The second-order valence-electron chi connectivity index (χ2n) is 8.56. The summed E-state index contributed by atoms with van der Waals surface area (Å²) in [4.78, 5) is 33.4. The third-order valence-electron chi connectivity index (χ3n) is 6.06. The van der Waals surface area contributed by atoms with Gasteiger partial charge in [-0.3, -0.25) is 9.78 Å². The van der Waals surface area contributed by atoms with E-state index < -0.39 is 23.0 Å². The summed E-state index contributed by atoms with van der Waals surface area (Å²) in [6, 6.07) is 16.0. The minimum Gasteiger partial charge on any atom is -0.367 e. The highest BCUT2D eigenvalue weighted by atomic mass is 32.2. The van der Waals surface area contributed by atoms with Gasteiger partial charge < -0.3 is 10.3 Å². The Labute approximate surface area is 207 Å². The van der Waals surface area contributed by atoms with E-state index in [1.807, 2.05) is 30.3 Å². The number of hydrogen-bond donors (Lipinski definition) is 3. The number of H-pyrrole nitrogens is 2. The Hall–Kier alpha value is -3.57. The van der Waals surface area contributed by atoms with Crippen molar-refractivity contribution >= 4 is 28.7 Å². The predicted molar refractivity (Wildman–Crippen MR) is 134 cm³/mol. The molecule has 0 radical (unpaired) electrons. The van der Waals surface area contributed by atoms with Crippen LogP contribution in [0.2, 0.25) is 0 Å². The summed E-state index contributed by atoms with van der Waals surface area (Å²) < 4.78 is 40.4. The lowest BCUT2D eigenvalue weighted by molar-refractivity contribution is -0.137. The number of benzene rings is 2. The van der Waals surface area contributed by atoms with Crippen molar-refractivity contribution in [3.63, 3.8) is 0 Å². The zero-order valence-electron chi connectivity index (χ0n) is 18.9. The first kappa shape index (κ1) is 24.1. The van der Waals surface area contributed by atoms with Gasteiger partial charge in [0.25, 0.3) is 5.56 Å². The van der Waals surface area contributed by atoms with Gasteiger partial charge >= 0.3 is 11.9 Å². The number of anilines is 1. The molecule has 4 aromatic rings. The number of rotatable bonds is 5. The molecule has 1 saturated heterocycles. The number of halogens is 3. The molecule has 0 amide bonds. The van der Waals surface area contributed by atoms with Crippen molar-refractivity contribution < 1.29 is 13.2 Å². The summed E-state index contributed by atoms with van der Waals surface area (Å²) in [5, 5.41) is 3.66. The molecule has 5 rings (SSSR count). The molecular weight excluding hydrogens is 491 g/mol. The van der Waals surface area contributed by atoms with Gasteiger partial charge in [0.1, 0.15) is 5.82 Å². The second-order valence-corrected chi connectivity index (χ2v) is 9.73. The highest BCUT2D eigenvalue weighted by Gasteiger charge is 2.30. The van der Waals surface area contributed by atoms with Crippen LogP contribution < -0.4 is 16.6 Å². The Morgan fingerprint density at radius 2 is 1.67 bits per heavy atom. The number of aromatic nitrogens is 3. The SMILES string of the molecule is O=c1[nH]c(=O)c2ccc(-c3ccc(SN4CCC(Nc5ccc(C(F)(F)F)cn5)CC4)cc3)cc2[nH]1. The molecule has 1 aliphatic heterocycles. The van der Waals surface area contributed by atoms with Crippen LogP contribution in [0.3, 0.4) is 0 Å². The van der Waals surface area contributed by atoms with E-state index in [0.717, 1.165) is 54.2 Å². The molecule has 0 saturated carbocycles. The molecule has 0 unspecified atom stereocenters. The van der Waals surface area contributed by atoms with Crippen molar-refractivity contribution in [3.8, 4) is 11.1 Å². The van der Waals surface area contributed by atoms with E-state index in [2.05, 4.69) is 24.6 Å². The molecule has 1 aliphatic rings. The Morgan fingerprint density at radius 1 is 0.944 bits per heavy atom. The molecule has 2 aromatic carbocycles. The molecule has 2 aromatic heterocycles. The first-order chi connectivity index (χ1) is 17.2. The molecule has 1 fully saturated rings. The molecular formula is C25H22F3N5O2S. The van der Waals surface area contributed by atoms with Gasteiger partial charge in [-0.25, -0.2) is 14.1 Å². The monoisotopic (exact) mass is 513 g/mol. The Morgan fingerprint density at radius 3 is 2.33 bits per heavy atom. The number of hydrogen-bond acceptors (Lipinski definition) is 6. The van der Waals surface area contributed by atoms with Crippen LogP contribution in [0, 0.1) is 0 Å². The molecule has 0 aliphatic carbocycles. The first-order valence-electron chi connectivity index (χ1n) is 11.3. The smallest absolute Gasteiger partial charge is 0.367 e. The summed E-state index contributed by atoms with van der Waals surface area (Å²) in [6.45, 7) is 1.66. The molecule has 0 bridgehead atoms. The van der Waals surface area contributed by atoms with E-state index in [0.29, 0.717) is 16.7 Å². The normalized spacial score (nSPS) is 15.3. The fraction of sp³-hybridized carbons (Fsp3) is 0.240. The largest absolute Gasteiger partial charge is 0.417 e. The van der Waals surface area contributed by atoms with Crippen LogP contribution in [0.25, 0.3) is 22.0 Å². The lowest BCUT2D eigenvalue weighted by Crippen LogP contribution is -2.35. The topological polar surface area (TPSA) is 93.9 Å². The molecule has 36 heavy (non-hydrogen) atoms. The Balaban J connectivity index is 1.17. The Bertz CT molecular complexity index is 1480. The number of nitrogens with one attached hydrogen (secondary N) is 3. The zero-order chi connectivity index (χ0) is 25.3. The standard InChI is InChI=1S/C25H22F3N5O2S/c26-25(27,28)17-4-8-22(29-14-17)30-18-9-11-33(12-10-18)36-19-5-1-15(2-6-19)16-3-7-20-21(13-16)31-24(35)32-23(20)34/h1-8,13-14,18H,9-12H2,(H,29,30)(H2,31,32,34,35). The average molecular weight is 514 g/mol. The quantitative estimate of drug-likeness (QED) is 0.330. The van der Waals surface area contributed by atoms with Crippen LogP contribution in [0.5, 0.6) is 0 Å². The summed E-state index contributed by atoms with van der Waals surface area (Å²) in [6.07, 6.45) is -1.83. The van der Waals surface area contributed by atoms with Gasteiger partial charge in [0.15, 0.2) is 0 Å². The number of nitrogens with zero attached hydrogens (tertiary/aromatic N) is 2. The van der Waals surface area contributed by atoms with Crippen LogP contribution in [0.4, 0.5) is 19.0 Å². The van der Waals surface area contributed by atoms with Crippen molar-refractivity contribution in [3.05, 3.63) is 87.2 Å². The van der Waals surface area contributed by atoms with Crippen molar-refractivity contribution in [2.24, 2.45) is 0 Å². The fourth-order valence-electron chi connectivity index (χ4n) is 4.15. The highest BCUT2D eigenvalue weighted by Crippen LogP contribution is 2.31. The lowest BCUT2D eigenvalue weighted by Gasteiger charge is -2.31. The average Bonchev–Trinajstić information content (AvgIpc) is 2.85. The van der Waals surface area contributed by atoms with Crippen molar-refractivity contribution in [1.29, 1.82) is 0 Å². The molecule has 0 spiro atoms. The maximum atomic E-state index is 12.7. The minimum absolute atomic E-state index is 0.153. The van der Waals surface area contributed by atoms with E-state index in [4.69, 9.17) is 0 Å². The maximum absolute atomic E-state index is 12.7. The van der Waals surface area contributed by atoms with Crippen LogP contribution in [-0.2, 0) is 6.18 Å². The van der Waals surface area contributed by atoms with Gasteiger partial charge in [0.2, 0.25) is 0 Å². The number of pyridine rings is 1. The van der Waals surface area contributed by atoms with Gasteiger partial charge in [-0.1, -0.05) is 18.2 Å². The predicted octanol–water partition coefficient (Wildman–Crippen LogP) is 4.88. The van der Waals surface area contributed by atoms with Gasteiger partial charge in [0, 0.05) is 30.2 Å². The minimum atomic E-state index is -4.39. The molecule has 7 nitrogen and oxygen atoms in total. The van der Waals surface area contributed by atoms with Gasteiger partial charge in [0.05, 0.1) is 16.5 Å². The second kappa shape index (κ2) is 9.82. The van der Waals surface area contributed by atoms with Crippen LogP contribution in [0.15, 0.2) is 75.3 Å². The molecule has 3 N–H and O–H groups in total. The van der Waals surface area contributed by atoms with E-state index in [1.54, 1.807) is 24.1 Å². The maximum Gasteiger partial charge on any atom is 0.417 e. The van der Waals surface area contributed by atoms with Crippen LogP contribution >= 0.6 is 11.9 Å². The summed E-state index contributed by atoms with van der Waals surface area (Å²) in [5.74, 6) is 0.451. The van der Waals surface area contributed by atoms with Gasteiger partial charge in [-0.2, -0.15) is 13.2 Å². The highest BCUT2D eigenvalue weighted by molar-refractivity contribution is 7.97. The van der Waals surface area contributed by atoms with Crippen molar-refractivity contribution in [1.82, 2.24) is 19.3 Å². The molecule has 186 valence electrons. The molecule has 3 heterocycles. The van der Waals surface area contributed by atoms with Crippen molar-refractivity contribution in [2.75, 3.05) is 18.4 Å². The first-order valence-corrected chi connectivity index (χ1v) is 12.1. The van der Waals surface area contributed by atoms with E-state index in [-0.39, 0.29) is 6.04 Å². The number of aromatic amines is 2. The number of fused-ring (bicyclic) bond motifs is 1. The van der Waals surface area contributed by atoms with E-state index >= 15 is 0 Å². The van der Waals surface area contributed by atoms with Crippen molar-refractivity contribution in [2.45, 2.75) is 30.0 Å². The van der Waals surface area contributed by atoms with E-state index in [9.17, 15) is 22.8 Å². The molecule has 0 atom stereocenters. The van der Waals surface area contributed by atoms with Gasteiger partial charge in [-0.05, 0) is 72.3 Å². The van der Waals surface area contributed by atoms with Crippen LogP contribution in [-0.4, -0.2) is 38.4 Å². The van der Waals surface area contributed by atoms with Gasteiger partial charge in [-0.15, -0.1) is 0 Å². The van der Waals surface area contributed by atoms with Crippen LogP contribution in [0.1, 0.15) is 18.4 Å². The third kappa shape index (κ3) is 5.47. The zero-order valence-corrected chi connectivity index (χ0v) is 19.7. The Kier molecular flexibility index (Phi) is 6.59. The fourth-order valence-corrected chi connectivity index (χ4v) is 5.10. The number of piperidine rings is 1. The lowest BCUT2D eigenvalue weighted by atomic mass is 10.0. The third-order valence-corrected chi connectivity index (χ3v) is 7.16. The summed E-state index contributed by atoms with van der Waals surface area (Å²) in [7, 11) is 0. The number of alkyl halides is 3.